The van der Waals surface area contributed by atoms with E-state index in [1.165, 1.54) is 12.3 Å². The normalized spacial score (nSPS) is 14.4. The predicted molar refractivity (Wildman–Crippen MR) is 124 cm³/mol. The maximum absolute atomic E-state index is 14.7. The minimum absolute atomic E-state index is 0.0622. The summed E-state index contributed by atoms with van der Waals surface area (Å²) in [7, 11) is 0. The number of hydrogen-bond acceptors (Lipinski definition) is 5. The number of pyridine rings is 1. The number of hydrogen-bond donors (Lipinski definition) is 1. The van der Waals surface area contributed by atoms with Crippen LogP contribution in [-0.4, -0.2) is 40.0 Å². The van der Waals surface area contributed by atoms with Crippen LogP contribution in [-0.2, 0) is 4.79 Å². The first kappa shape index (κ1) is 22.4. The van der Waals surface area contributed by atoms with Gasteiger partial charge in [0.25, 0.3) is 0 Å². The fraction of sp³-hybridized carbons (Fsp3) is 0.304. The highest BCUT2D eigenvalue weighted by atomic mass is 35.5. The summed E-state index contributed by atoms with van der Waals surface area (Å²) in [4.78, 5) is 27.2. The number of nitrogens with one attached hydrogen (secondary N) is 1. The Morgan fingerprint density at radius 1 is 1.16 bits per heavy atom. The van der Waals surface area contributed by atoms with Crippen LogP contribution in [0.25, 0.3) is 22.5 Å². The Kier molecular flexibility index (Phi) is 6.86. The first-order valence-corrected chi connectivity index (χ1v) is 11.2. The molecule has 0 aliphatic carbocycles. The summed E-state index contributed by atoms with van der Waals surface area (Å²) in [5.41, 5.74) is 1.75. The molecule has 1 N–H and O–H groups in total. The Labute approximate surface area is 195 Å². The second-order valence-corrected chi connectivity index (χ2v) is 8.43. The van der Waals surface area contributed by atoms with Gasteiger partial charge in [-0.25, -0.2) is 14.4 Å². The van der Waals surface area contributed by atoms with E-state index in [9.17, 15) is 9.18 Å². The Hall–Kier alpha value is -2.77. The summed E-state index contributed by atoms with van der Waals surface area (Å²) >= 11 is 12.3. The minimum atomic E-state index is -0.488. The van der Waals surface area contributed by atoms with Gasteiger partial charge in [0.2, 0.25) is 5.91 Å². The molecule has 4 rings (SSSR count). The van der Waals surface area contributed by atoms with E-state index in [0.29, 0.717) is 39.2 Å². The van der Waals surface area contributed by atoms with Gasteiger partial charge >= 0.3 is 0 Å². The number of anilines is 1. The number of benzene rings is 1. The van der Waals surface area contributed by atoms with Crippen molar-refractivity contribution in [3.8, 4) is 22.5 Å². The van der Waals surface area contributed by atoms with Crippen molar-refractivity contribution in [2.24, 2.45) is 0 Å². The molecule has 3 aromatic rings. The smallest absolute Gasteiger partial charge is 0.219 e. The number of nitrogens with zero attached hydrogens (tertiary/aromatic N) is 4. The lowest BCUT2D eigenvalue weighted by atomic mass is 10.0. The molecule has 0 saturated carbocycles. The molecule has 1 amide bonds. The van der Waals surface area contributed by atoms with Crippen LogP contribution in [0.3, 0.4) is 0 Å². The van der Waals surface area contributed by atoms with Gasteiger partial charge in [-0.05, 0) is 37.1 Å². The van der Waals surface area contributed by atoms with Crippen molar-refractivity contribution in [1.82, 2.24) is 20.3 Å². The van der Waals surface area contributed by atoms with Crippen molar-refractivity contribution < 1.29 is 9.18 Å². The number of carbonyl (C=O) groups is 1. The summed E-state index contributed by atoms with van der Waals surface area (Å²) in [6.45, 7) is 3.29. The standard InChI is InChI=1S/C23H22Cl2FN5O/c1-2-21(32)29-15-6-9-31(10-7-15)20-13-28-22(17-4-3-14(24)11-19(17)26)23(30-20)16-5-8-27-12-18(16)25/h3-5,8,11-13,15H,2,6-7,9-10H2,1H3,(H,29,32). The molecule has 0 spiro atoms. The zero-order valence-electron chi connectivity index (χ0n) is 17.5. The Morgan fingerprint density at radius 3 is 2.62 bits per heavy atom. The van der Waals surface area contributed by atoms with Gasteiger partial charge in [-0.2, -0.15) is 0 Å². The summed E-state index contributed by atoms with van der Waals surface area (Å²) in [5, 5.41) is 3.75. The van der Waals surface area contributed by atoms with Gasteiger partial charge in [0.1, 0.15) is 17.3 Å². The van der Waals surface area contributed by atoms with Crippen molar-refractivity contribution in [2.45, 2.75) is 32.2 Å². The van der Waals surface area contributed by atoms with Gasteiger partial charge in [0.15, 0.2) is 0 Å². The van der Waals surface area contributed by atoms with Crippen molar-refractivity contribution in [2.75, 3.05) is 18.0 Å². The zero-order valence-corrected chi connectivity index (χ0v) is 19.0. The zero-order chi connectivity index (χ0) is 22.7. The maximum Gasteiger partial charge on any atom is 0.219 e. The molecule has 0 radical (unpaired) electrons. The second-order valence-electron chi connectivity index (χ2n) is 7.59. The van der Waals surface area contributed by atoms with E-state index in [2.05, 4.69) is 20.2 Å². The van der Waals surface area contributed by atoms with Crippen molar-refractivity contribution in [1.29, 1.82) is 0 Å². The fourth-order valence-electron chi connectivity index (χ4n) is 3.75. The lowest BCUT2D eigenvalue weighted by molar-refractivity contribution is -0.121. The molecule has 166 valence electrons. The molecule has 2 aromatic heterocycles. The average Bonchev–Trinajstić information content (AvgIpc) is 2.80. The first-order chi connectivity index (χ1) is 15.5. The highest BCUT2D eigenvalue weighted by molar-refractivity contribution is 6.33. The Balaban J connectivity index is 1.69. The molecule has 0 bridgehead atoms. The van der Waals surface area contributed by atoms with Crippen LogP contribution in [0.4, 0.5) is 10.2 Å². The fourth-order valence-corrected chi connectivity index (χ4v) is 4.12. The molecule has 3 heterocycles. The van der Waals surface area contributed by atoms with Crippen LogP contribution >= 0.6 is 23.2 Å². The Morgan fingerprint density at radius 2 is 1.94 bits per heavy atom. The quantitative estimate of drug-likeness (QED) is 0.554. The number of rotatable bonds is 5. The molecule has 6 nitrogen and oxygen atoms in total. The monoisotopic (exact) mass is 473 g/mol. The third-order valence-corrected chi connectivity index (χ3v) is 6.02. The van der Waals surface area contributed by atoms with Gasteiger partial charge in [0, 0.05) is 54.1 Å². The number of carbonyl (C=O) groups excluding carboxylic acids is 1. The summed E-state index contributed by atoms with van der Waals surface area (Å²) in [6, 6.07) is 6.34. The molecule has 1 saturated heterocycles. The molecule has 32 heavy (non-hydrogen) atoms. The largest absolute Gasteiger partial charge is 0.355 e. The number of piperidine rings is 1. The summed E-state index contributed by atoms with van der Waals surface area (Å²) in [6.07, 6.45) is 6.88. The topological polar surface area (TPSA) is 71.0 Å². The van der Waals surface area contributed by atoms with E-state index >= 15 is 0 Å². The van der Waals surface area contributed by atoms with E-state index in [0.717, 1.165) is 25.9 Å². The summed E-state index contributed by atoms with van der Waals surface area (Å²) in [5.74, 6) is 0.247. The molecule has 1 aliphatic heterocycles. The lowest BCUT2D eigenvalue weighted by Crippen LogP contribution is -2.44. The lowest BCUT2D eigenvalue weighted by Gasteiger charge is -2.33. The van der Waals surface area contributed by atoms with E-state index in [4.69, 9.17) is 28.2 Å². The summed E-state index contributed by atoms with van der Waals surface area (Å²) < 4.78 is 14.7. The van der Waals surface area contributed by atoms with E-state index in [-0.39, 0.29) is 17.5 Å². The van der Waals surface area contributed by atoms with Gasteiger partial charge in [-0.3, -0.25) is 9.78 Å². The van der Waals surface area contributed by atoms with E-state index in [1.54, 1.807) is 30.6 Å². The van der Waals surface area contributed by atoms with Gasteiger partial charge in [0.05, 0.1) is 16.9 Å². The van der Waals surface area contributed by atoms with Crippen molar-refractivity contribution in [3.63, 3.8) is 0 Å². The first-order valence-electron chi connectivity index (χ1n) is 10.4. The van der Waals surface area contributed by atoms with Crippen molar-refractivity contribution >= 4 is 34.9 Å². The van der Waals surface area contributed by atoms with Crippen LogP contribution in [0, 0.1) is 5.82 Å². The maximum atomic E-state index is 14.7. The minimum Gasteiger partial charge on any atom is -0.355 e. The van der Waals surface area contributed by atoms with Crippen molar-refractivity contribution in [3.05, 3.63) is 58.7 Å². The molecule has 1 fully saturated rings. The molecule has 1 aliphatic rings. The van der Waals surface area contributed by atoms with Gasteiger partial charge in [-0.1, -0.05) is 30.1 Å². The molecule has 9 heteroatoms. The van der Waals surface area contributed by atoms with Crippen LogP contribution in [0.2, 0.25) is 10.0 Å². The Bertz CT molecular complexity index is 1140. The highest BCUT2D eigenvalue weighted by Crippen LogP contribution is 2.36. The van der Waals surface area contributed by atoms with Gasteiger partial charge in [-0.15, -0.1) is 0 Å². The molecular formula is C23H22Cl2FN5O. The highest BCUT2D eigenvalue weighted by Gasteiger charge is 2.24. The average molecular weight is 474 g/mol. The molecule has 0 unspecified atom stereocenters. The predicted octanol–water partition coefficient (Wildman–Crippen LogP) is 5.15. The SMILES string of the molecule is CCC(=O)NC1CCN(c2cnc(-c3ccc(Cl)cc3F)c(-c3ccncc3Cl)n2)CC1. The number of halogens is 3. The molecule has 1 aromatic carbocycles. The van der Waals surface area contributed by atoms with Gasteiger partial charge < -0.3 is 10.2 Å². The van der Waals surface area contributed by atoms with Crippen LogP contribution in [0.1, 0.15) is 26.2 Å². The third-order valence-electron chi connectivity index (χ3n) is 5.48. The second kappa shape index (κ2) is 9.79. The molecule has 0 atom stereocenters. The number of aromatic nitrogens is 3. The van der Waals surface area contributed by atoms with Crippen LogP contribution < -0.4 is 10.2 Å². The third kappa shape index (κ3) is 4.84. The van der Waals surface area contributed by atoms with E-state index < -0.39 is 5.82 Å². The van der Waals surface area contributed by atoms with Crippen LogP contribution in [0.5, 0.6) is 0 Å². The van der Waals surface area contributed by atoms with Crippen LogP contribution in [0.15, 0.2) is 42.9 Å². The molecular weight excluding hydrogens is 452 g/mol. The number of amides is 1. The van der Waals surface area contributed by atoms with E-state index in [1.807, 2.05) is 6.92 Å².